The van der Waals surface area contributed by atoms with E-state index in [0.717, 1.165) is 38.7 Å². The lowest BCUT2D eigenvalue weighted by atomic mass is 9.88. The molecule has 1 aromatic carbocycles. The van der Waals surface area contributed by atoms with Crippen molar-refractivity contribution in [3.63, 3.8) is 0 Å². The Balaban J connectivity index is 2.07. The second-order valence-electron chi connectivity index (χ2n) is 5.74. The lowest BCUT2D eigenvalue weighted by Gasteiger charge is -2.32. The molecule has 3 nitrogen and oxygen atoms in total. The van der Waals surface area contributed by atoms with Crippen molar-refractivity contribution in [3.8, 4) is 0 Å². The summed E-state index contributed by atoms with van der Waals surface area (Å²) in [6, 6.07) is 11.0. The Kier molecular flexibility index (Phi) is 7.20. The summed E-state index contributed by atoms with van der Waals surface area (Å²) >= 11 is 0. The van der Waals surface area contributed by atoms with Gasteiger partial charge in [-0.1, -0.05) is 37.3 Å². The molecule has 118 valence electrons. The summed E-state index contributed by atoms with van der Waals surface area (Å²) in [5.41, 5.74) is 1.28. The molecule has 1 N–H and O–H groups in total. The topological polar surface area (TPSA) is 30.5 Å². The third-order valence-corrected chi connectivity index (χ3v) is 4.23. The molecule has 0 aliphatic carbocycles. The molecule has 1 aliphatic heterocycles. The highest BCUT2D eigenvalue weighted by Crippen LogP contribution is 2.29. The minimum atomic E-state index is 0.138. The van der Waals surface area contributed by atoms with E-state index in [1.165, 1.54) is 18.4 Å². The van der Waals surface area contributed by atoms with Gasteiger partial charge >= 0.3 is 0 Å². The Labute approximate surface area is 129 Å². The molecule has 1 aliphatic rings. The maximum Gasteiger partial charge on any atom is 0.0977 e. The van der Waals surface area contributed by atoms with Crippen LogP contribution in [0.4, 0.5) is 0 Å². The fourth-order valence-corrected chi connectivity index (χ4v) is 3.18. The zero-order chi connectivity index (χ0) is 14.9. The van der Waals surface area contributed by atoms with Crippen LogP contribution in [-0.4, -0.2) is 32.4 Å². The Morgan fingerprint density at radius 2 is 1.90 bits per heavy atom. The van der Waals surface area contributed by atoms with Crippen molar-refractivity contribution in [2.75, 3.05) is 26.4 Å². The zero-order valence-corrected chi connectivity index (χ0v) is 13.4. The van der Waals surface area contributed by atoms with Gasteiger partial charge in [-0.15, -0.1) is 0 Å². The maximum absolute atomic E-state index is 6.09. The van der Waals surface area contributed by atoms with Crippen molar-refractivity contribution in [3.05, 3.63) is 35.9 Å². The number of hydrogen-bond acceptors (Lipinski definition) is 3. The van der Waals surface area contributed by atoms with E-state index in [1.54, 1.807) is 0 Å². The molecule has 1 heterocycles. The molecular formula is C18H29NO2. The number of rotatable bonds is 8. The van der Waals surface area contributed by atoms with Crippen LogP contribution in [0.1, 0.15) is 44.8 Å². The Bertz CT molecular complexity index is 376. The molecule has 3 heteroatoms. The van der Waals surface area contributed by atoms with Crippen LogP contribution in [0.3, 0.4) is 0 Å². The standard InChI is InChI=1S/C18H29NO2/c1-3-19-17(14-15-10-12-20-13-11-15)18(21-4-2)16-8-6-5-7-9-16/h5-9,15,17-19H,3-4,10-14H2,1-2H3. The molecule has 0 aromatic heterocycles. The first-order chi connectivity index (χ1) is 10.3. The van der Waals surface area contributed by atoms with E-state index in [1.807, 2.05) is 0 Å². The van der Waals surface area contributed by atoms with Crippen molar-refractivity contribution < 1.29 is 9.47 Å². The van der Waals surface area contributed by atoms with Gasteiger partial charge in [0.2, 0.25) is 0 Å². The highest BCUT2D eigenvalue weighted by molar-refractivity contribution is 5.19. The molecular weight excluding hydrogens is 262 g/mol. The van der Waals surface area contributed by atoms with E-state index < -0.39 is 0 Å². The van der Waals surface area contributed by atoms with Gasteiger partial charge in [0.1, 0.15) is 0 Å². The average molecular weight is 291 g/mol. The van der Waals surface area contributed by atoms with Crippen molar-refractivity contribution in [2.45, 2.75) is 45.3 Å². The second kappa shape index (κ2) is 9.19. The molecule has 0 bridgehead atoms. The van der Waals surface area contributed by atoms with E-state index in [9.17, 15) is 0 Å². The highest BCUT2D eigenvalue weighted by atomic mass is 16.5. The first-order valence-corrected chi connectivity index (χ1v) is 8.32. The van der Waals surface area contributed by atoms with E-state index in [-0.39, 0.29) is 6.10 Å². The van der Waals surface area contributed by atoms with Gasteiger partial charge in [-0.2, -0.15) is 0 Å². The van der Waals surface area contributed by atoms with Crippen LogP contribution in [0.2, 0.25) is 0 Å². The Morgan fingerprint density at radius 3 is 2.52 bits per heavy atom. The van der Waals surface area contributed by atoms with Crippen LogP contribution in [0.5, 0.6) is 0 Å². The Hall–Kier alpha value is -0.900. The van der Waals surface area contributed by atoms with Crippen LogP contribution in [0.15, 0.2) is 30.3 Å². The van der Waals surface area contributed by atoms with Crippen LogP contribution < -0.4 is 5.32 Å². The van der Waals surface area contributed by atoms with Crippen molar-refractivity contribution in [1.29, 1.82) is 0 Å². The number of ether oxygens (including phenoxy) is 2. The van der Waals surface area contributed by atoms with Gasteiger partial charge < -0.3 is 14.8 Å². The molecule has 0 amide bonds. The van der Waals surface area contributed by atoms with Gasteiger partial charge in [0.05, 0.1) is 6.10 Å². The molecule has 0 saturated carbocycles. The third kappa shape index (κ3) is 5.10. The lowest BCUT2D eigenvalue weighted by molar-refractivity contribution is 0.0131. The van der Waals surface area contributed by atoms with Crippen molar-refractivity contribution in [1.82, 2.24) is 5.32 Å². The van der Waals surface area contributed by atoms with Gasteiger partial charge in [0, 0.05) is 25.9 Å². The summed E-state index contributed by atoms with van der Waals surface area (Å²) in [5, 5.41) is 3.65. The van der Waals surface area contributed by atoms with Crippen LogP contribution >= 0.6 is 0 Å². The molecule has 0 spiro atoms. The van der Waals surface area contributed by atoms with Crippen LogP contribution in [-0.2, 0) is 9.47 Å². The summed E-state index contributed by atoms with van der Waals surface area (Å²) in [7, 11) is 0. The van der Waals surface area contributed by atoms with Gasteiger partial charge in [-0.25, -0.2) is 0 Å². The van der Waals surface area contributed by atoms with Gasteiger partial charge in [-0.05, 0) is 44.2 Å². The molecule has 21 heavy (non-hydrogen) atoms. The summed E-state index contributed by atoms with van der Waals surface area (Å²) in [4.78, 5) is 0. The summed E-state index contributed by atoms with van der Waals surface area (Å²) in [5.74, 6) is 0.745. The fourth-order valence-electron chi connectivity index (χ4n) is 3.18. The highest BCUT2D eigenvalue weighted by Gasteiger charge is 2.27. The molecule has 0 radical (unpaired) electrons. The van der Waals surface area contributed by atoms with E-state index in [4.69, 9.17) is 9.47 Å². The average Bonchev–Trinajstić information content (AvgIpc) is 2.54. The van der Waals surface area contributed by atoms with Gasteiger partial charge in [0.15, 0.2) is 0 Å². The van der Waals surface area contributed by atoms with Crippen LogP contribution in [0, 0.1) is 5.92 Å². The van der Waals surface area contributed by atoms with Gasteiger partial charge in [-0.3, -0.25) is 0 Å². The largest absolute Gasteiger partial charge is 0.381 e. The maximum atomic E-state index is 6.09. The predicted octanol–water partition coefficient (Wildman–Crippen LogP) is 3.56. The minimum absolute atomic E-state index is 0.138. The molecule has 1 fully saturated rings. The number of nitrogens with one attached hydrogen (secondary N) is 1. The van der Waals surface area contributed by atoms with E-state index in [0.29, 0.717) is 6.04 Å². The first kappa shape index (κ1) is 16.5. The monoisotopic (exact) mass is 291 g/mol. The molecule has 2 atom stereocenters. The smallest absolute Gasteiger partial charge is 0.0977 e. The predicted molar refractivity (Wildman–Crippen MR) is 86.4 cm³/mol. The second-order valence-corrected chi connectivity index (χ2v) is 5.74. The number of likely N-dealkylation sites (N-methyl/N-ethyl adjacent to an activating group) is 1. The SMILES string of the molecule is CCNC(CC1CCOCC1)C(OCC)c1ccccc1. The Morgan fingerprint density at radius 1 is 1.19 bits per heavy atom. The van der Waals surface area contributed by atoms with Crippen LogP contribution in [0.25, 0.3) is 0 Å². The molecule has 2 unspecified atom stereocenters. The first-order valence-electron chi connectivity index (χ1n) is 8.32. The fraction of sp³-hybridized carbons (Fsp3) is 0.667. The van der Waals surface area contributed by atoms with E-state index in [2.05, 4.69) is 49.5 Å². The summed E-state index contributed by atoms with van der Waals surface area (Å²) < 4.78 is 11.6. The number of benzene rings is 1. The molecule has 2 rings (SSSR count). The van der Waals surface area contributed by atoms with Gasteiger partial charge in [0.25, 0.3) is 0 Å². The zero-order valence-electron chi connectivity index (χ0n) is 13.4. The quantitative estimate of drug-likeness (QED) is 0.794. The number of hydrogen-bond donors (Lipinski definition) is 1. The third-order valence-electron chi connectivity index (χ3n) is 4.23. The van der Waals surface area contributed by atoms with E-state index >= 15 is 0 Å². The molecule has 1 aromatic rings. The van der Waals surface area contributed by atoms with Crippen molar-refractivity contribution in [2.24, 2.45) is 5.92 Å². The summed E-state index contributed by atoms with van der Waals surface area (Å²) in [6.07, 6.45) is 3.65. The normalized spacial score (nSPS) is 19.3. The van der Waals surface area contributed by atoms with Crippen molar-refractivity contribution >= 4 is 0 Å². The lowest BCUT2D eigenvalue weighted by Crippen LogP contribution is -2.38. The minimum Gasteiger partial charge on any atom is -0.381 e. The summed E-state index contributed by atoms with van der Waals surface area (Å²) in [6.45, 7) is 7.79. The molecule has 1 saturated heterocycles.